The molecule has 0 unspecified atom stereocenters. The lowest BCUT2D eigenvalue weighted by molar-refractivity contribution is 0.0995. The van der Waals surface area contributed by atoms with Crippen LogP contribution in [0.1, 0.15) is 10.4 Å². The zero-order valence-electron chi connectivity index (χ0n) is 8.96. The number of hydrogen-bond acceptors (Lipinski definition) is 2. The number of ketones is 1. The van der Waals surface area contributed by atoms with Crippen molar-refractivity contribution in [2.45, 2.75) is 0 Å². The number of likely N-dealkylation sites (N-methyl/N-ethyl adjacent to an activating group) is 1. The number of benzene rings is 2. The molecule has 0 aliphatic carbocycles. The van der Waals surface area contributed by atoms with Crippen LogP contribution >= 0.6 is 15.9 Å². The summed E-state index contributed by atoms with van der Waals surface area (Å²) in [5.74, 6) is 0.121. The summed E-state index contributed by atoms with van der Waals surface area (Å²) in [4.78, 5) is 11.9. The van der Waals surface area contributed by atoms with E-state index < -0.39 is 0 Å². The van der Waals surface area contributed by atoms with Crippen molar-refractivity contribution in [3.63, 3.8) is 0 Å². The minimum Gasteiger partial charge on any atom is -0.313 e. The Morgan fingerprint density at radius 3 is 2.88 bits per heavy atom. The Hall–Kier alpha value is -1.19. The Morgan fingerprint density at radius 2 is 2.12 bits per heavy atom. The smallest absolute Gasteiger partial charge is 0.177 e. The summed E-state index contributed by atoms with van der Waals surface area (Å²) in [7, 11) is 1.78. The SMILES string of the molecule is CNCC(=O)c1cccc2cc(Br)ccc12. The molecule has 0 amide bonds. The van der Waals surface area contributed by atoms with E-state index in [-0.39, 0.29) is 5.78 Å². The lowest BCUT2D eigenvalue weighted by atomic mass is 10.0. The molecule has 0 atom stereocenters. The summed E-state index contributed by atoms with van der Waals surface area (Å²) in [5, 5.41) is 4.97. The third-order valence-corrected chi connectivity index (χ3v) is 2.97. The summed E-state index contributed by atoms with van der Waals surface area (Å²) >= 11 is 3.43. The summed E-state index contributed by atoms with van der Waals surface area (Å²) in [6.07, 6.45) is 0. The predicted molar refractivity (Wildman–Crippen MR) is 69.9 cm³/mol. The number of Topliss-reactive ketones (excluding diaryl/α,β-unsaturated/α-hetero) is 1. The zero-order valence-corrected chi connectivity index (χ0v) is 10.5. The van der Waals surface area contributed by atoms with Gasteiger partial charge >= 0.3 is 0 Å². The van der Waals surface area contributed by atoms with Gasteiger partial charge in [-0.15, -0.1) is 0 Å². The molecule has 0 fully saturated rings. The van der Waals surface area contributed by atoms with Gasteiger partial charge in [-0.1, -0.05) is 40.2 Å². The highest BCUT2D eigenvalue weighted by Crippen LogP contribution is 2.23. The van der Waals surface area contributed by atoms with Crippen molar-refractivity contribution in [1.29, 1.82) is 0 Å². The molecule has 0 aromatic heterocycles. The Balaban J connectivity index is 2.58. The van der Waals surface area contributed by atoms with Crippen molar-refractivity contribution >= 4 is 32.5 Å². The zero-order chi connectivity index (χ0) is 11.5. The maximum Gasteiger partial charge on any atom is 0.177 e. The van der Waals surface area contributed by atoms with Crippen LogP contribution in [0.25, 0.3) is 10.8 Å². The molecule has 2 rings (SSSR count). The lowest BCUT2D eigenvalue weighted by Gasteiger charge is -2.05. The average Bonchev–Trinajstić information content (AvgIpc) is 2.28. The van der Waals surface area contributed by atoms with Crippen molar-refractivity contribution in [3.8, 4) is 0 Å². The van der Waals surface area contributed by atoms with Crippen molar-refractivity contribution in [2.24, 2.45) is 0 Å². The summed E-state index contributed by atoms with van der Waals surface area (Å²) in [6, 6.07) is 11.7. The van der Waals surface area contributed by atoms with Crippen LogP contribution in [-0.4, -0.2) is 19.4 Å². The van der Waals surface area contributed by atoms with Crippen molar-refractivity contribution in [1.82, 2.24) is 5.32 Å². The number of rotatable bonds is 3. The van der Waals surface area contributed by atoms with Gasteiger partial charge < -0.3 is 5.32 Å². The van der Waals surface area contributed by atoms with E-state index in [1.165, 1.54) is 0 Å². The molecule has 0 spiro atoms. The van der Waals surface area contributed by atoms with E-state index in [9.17, 15) is 4.79 Å². The Morgan fingerprint density at radius 1 is 1.31 bits per heavy atom. The van der Waals surface area contributed by atoms with Gasteiger partial charge in [-0.3, -0.25) is 4.79 Å². The van der Waals surface area contributed by atoms with Crippen molar-refractivity contribution in [3.05, 3.63) is 46.4 Å². The first-order valence-corrected chi connectivity index (χ1v) is 5.88. The molecule has 0 saturated carbocycles. The number of carbonyl (C=O) groups excluding carboxylic acids is 1. The molecular formula is C13H12BrNO. The van der Waals surface area contributed by atoms with E-state index in [0.717, 1.165) is 20.8 Å². The van der Waals surface area contributed by atoms with Crippen LogP contribution in [0.2, 0.25) is 0 Å². The van der Waals surface area contributed by atoms with Gasteiger partial charge in [0.15, 0.2) is 5.78 Å². The highest BCUT2D eigenvalue weighted by Gasteiger charge is 2.08. The highest BCUT2D eigenvalue weighted by atomic mass is 79.9. The number of halogens is 1. The van der Waals surface area contributed by atoms with E-state index in [1.807, 2.05) is 36.4 Å². The Labute approximate surface area is 103 Å². The van der Waals surface area contributed by atoms with Gasteiger partial charge in [0.1, 0.15) is 0 Å². The van der Waals surface area contributed by atoms with Crippen LogP contribution in [0, 0.1) is 0 Å². The Kier molecular flexibility index (Phi) is 3.36. The molecule has 16 heavy (non-hydrogen) atoms. The van der Waals surface area contributed by atoms with Gasteiger partial charge in [0.05, 0.1) is 6.54 Å². The highest BCUT2D eigenvalue weighted by molar-refractivity contribution is 9.10. The molecule has 2 aromatic rings. The second kappa shape index (κ2) is 4.76. The maximum absolute atomic E-state index is 11.9. The number of fused-ring (bicyclic) bond motifs is 1. The van der Waals surface area contributed by atoms with Gasteiger partial charge in [-0.25, -0.2) is 0 Å². The average molecular weight is 278 g/mol. The topological polar surface area (TPSA) is 29.1 Å². The molecule has 0 bridgehead atoms. The summed E-state index contributed by atoms with van der Waals surface area (Å²) < 4.78 is 1.03. The third-order valence-electron chi connectivity index (χ3n) is 2.48. The molecule has 0 aliphatic heterocycles. The van der Waals surface area contributed by atoms with Gasteiger partial charge in [0, 0.05) is 10.0 Å². The normalized spacial score (nSPS) is 10.6. The van der Waals surface area contributed by atoms with E-state index >= 15 is 0 Å². The van der Waals surface area contributed by atoms with Crippen molar-refractivity contribution < 1.29 is 4.79 Å². The monoisotopic (exact) mass is 277 g/mol. The van der Waals surface area contributed by atoms with Crippen LogP contribution in [0.15, 0.2) is 40.9 Å². The largest absolute Gasteiger partial charge is 0.313 e. The minimum absolute atomic E-state index is 0.121. The fourth-order valence-corrected chi connectivity index (χ4v) is 2.13. The first-order valence-electron chi connectivity index (χ1n) is 5.08. The number of nitrogens with one attached hydrogen (secondary N) is 1. The fraction of sp³-hybridized carbons (Fsp3) is 0.154. The van der Waals surface area contributed by atoms with E-state index in [4.69, 9.17) is 0 Å². The molecule has 0 saturated heterocycles. The van der Waals surface area contributed by atoms with Crippen LogP contribution in [0.4, 0.5) is 0 Å². The number of carbonyl (C=O) groups is 1. The molecule has 2 nitrogen and oxygen atoms in total. The predicted octanol–water partition coefficient (Wildman–Crippen LogP) is 3.00. The Bertz CT molecular complexity index is 536. The third kappa shape index (κ3) is 2.15. The van der Waals surface area contributed by atoms with Gasteiger partial charge in [0.2, 0.25) is 0 Å². The van der Waals surface area contributed by atoms with Crippen LogP contribution in [0.5, 0.6) is 0 Å². The van der Waals surface area contributed by atoms with Crippen LogP contribution < -0.4 is 5.32 Å². The second-order valence-electron chi connectivity index (χ2n) is 3.62. The first-order chi connectivity index (χ1) is 7.72. The lowest BCUT2D eigenvalue weighted by Crippen LogP contribution is -2.18. The van der Waals surface area contributed by atoms with E-state index in [2.05, 4.69) is 21.2 Å². The van der Waals surface area contributed by atoms with Gasteiger partial charge in [-0.2, -0.15) is 0 Å². The molecule has 3 heteroatoms. The molecule has 1 N–H and O–H groups in total. The van der Waals surface area contributed by atoms with Crippen LogP contribution in [-0.2, 0) is 0 Å². The molecular weight excluding hydrogens is 266 g/mol. The van der Waals surface area contributed by atoms with Gasteiger partial charge in [-0.05, 0) is 30.0 Å². The van der Waals surface area contributed by atoms with Crippen molar-refractivity contribution in [2.75, 3.05) is 13.6 Å². The fourth-order valence-electron chi connectivity index (χ4n) is 1.75. The molecule has 0 radical (unpaired) electrons. The first kappa shape index (κ1) is 11.3. The molecule has 0 heterocycles. The maximum atomic E-state index is 11.9. The van der Waals surface area contributed by atoms with Gasteiger partial charge in [0.25, 0.3) is 0 Å². The standard InChI is InChI=1S/C13H12BrNO/c1-15-8-13(16)12-4-2-3-9-7-10(14)5-6-11(9)12/h2-7,15H,8H2,1H3. The molecule has 82 valence electrons. The quantitative estimate of drug-likeness (QED) is 0.874. The van der Waals surface area contributed by atoms with Crippen LogP contribution in [0.3, 0.4) is 0 Å². The molecule has 0 aliphatic rings. The van der Waals surface area contributed by atoms with E-state index in [0.29, 0.717) is 6.54 Å². The molecule has 2 aromatic carbocycles. The summed E-state index contributed by atoms with van der Waals surface area (Å²) in [6.45, 7) is 0.370. The van der Waals surface area contributed by atoms with E-state index in [1.54, 1.807) is 7.05 Å². The minimum atomic E-state index is 0.121. The summed E-state index contributed by atoms with van der Waals surface area (Å²) in [5.41, 5.74) is 0.777. The second-order valence-corrected chi connectivity index (χ2v) is 4.54. The number of hydrogen-bond donors (Lipinski definition) is 1.